The van der Waals surface area contributed by atoms with Crippen molar-refractivity contribution < 1.29 is 23.4 Å². The molecule has 42 heavy (non-hydrogen) atoms. The van der Waals surface area contributed by atoms with Crippen molar-refractivity contribution in [3.63, 3.8) is 0 Å². The first kappa shape index (κ1) is 29.2. The summed E-state index contributed by atoms with van der Waals surface area (Å²) in [5, 5.41) is 10.3. The number of benzene rings is 2. The Hall–Kier alpha value is -4.32. The number of aliphatic hydroxyl groups is 1. The van der Waals surface area contributed by atoms with Gasteiger partial charge in [0.25, 0.3) is 5.56 Å². The van der Waals surface area contributed by atoms with E-state index in [1.807, 2.05) is 24.0 Å². The Kier molecular flexibility index (Phi) is 8.26. The Morgan fingerprint density at radius 1 is 1.12 bits per heavy atom. The molecule has 0 bridgehead atoms. The number of aliphatic hydroxyl groups excluding tert-OH is 1. The van der Waals surface area contributed by atoms with Crippen LogP contribution in [0.4, 0.5) is 14.7 Å². The lowest BCUT2D eigenvalue weighted by atomic mass is 10.0. The molecule has 1 saturated heterocycles. The minimum atomic E-state index is -3.01. The summed E-state index contributed by atoms with van der Waals surface area (Å²) in [4.78, 5) is 37.9. The highest BCUT2D eigenvalue weighted by Crippen LogP contribution is 2.28. The molecule has 3 heterocycles. The first-order valence-corrected chi connectivity index (χ1v) is 13.8. The minimum absolute atomic E-state index is 0.00670. The van der Waals surface area contributed by atoms with Gasteiger partial charge in [0.1, 0.15) is 5.75 Å². The number of alkyl halides is 2. The first-order chi connectivity index (χ1) is 20.0. The van der Waals surface area contributed by atoms with E-state index in [4.69, 9.17) is 4.74 Å². The molecule has 1 N–H and O–H groups in total. The van der Waals surface area contributed by atoms with Gasteiger partial charge in [-0.3, -0.25) is 19.0 Å². The van der Waals surface area contributed by atoms with Gasteiger partial charge in [0.15, 0.2) is 0 Å². The number of rotatable bonds is 8. The summed E-state index contributed by atoms with van der Waals surface area (Å²) in [5.74, 6) is 0.640. The van der Waals surface area contributed by atoms with Gasteiger partial charge in [-0.25, -0.2) is 9.97 Å². The van der Waals surface area contributed by atoms with E-state index in [0.29, 0.717) is 48.5 Å². The maximum atomic E-state index is 13.2. The summed E-state index contributed by atoms with van der Waals surface area (Å²) < 4.78 is 34.3. The molecule has 1 aliphatic rings. The summed E-state index contributed by atoms with van der Waals surface area (Å²) in [6.45, 7) is 4.20. The van der Waals surface area contributed by atoms with E-state index in [1.54, 1.807) is 56.2 Å². The van der Waals surface area contributed by atoms with Crippen LogP contribution in [-0.4, -0.2) is 73.6 Å². The number of carbonyl (C=O) groups is 1. The largest absolute Gasteiger partial charge is 0.434 e. The van der Waals surface area contributed by atoms with Crippen molar-refractivity contribution in [1.82, 2.24) is 24.2 Å². The van der Waals surface area contributed by atoms with Gasteiger partial charge >= 0.3 is 6.61 Å². The average molecular weight is 581 g/mol. The molecule has 0 aliphatic carbocycles. The lowest BCUT2D eigenvalue weighted by molar-refractivity contribution is -0.131. The van der Waals surface area contributed by atoms with E-state index in [2.05, 4.69) is 14.9 Å². The van der Waals surface area contributed by atoms with E-state index >= 15 is 0 Å². The Morgan fingerprint density at radius 2 is 1.86 bits per heavy atom. The fourth-order valence-electron chi connectivity index (χ4n) is 5.58. The SMILES string of the molecule is CC(=O)N1CCN(c2ncc(-c3ccc4c(=O)n(C)n(Cc5cc(CC(C)O)ccc5OC(F)F)c4c3)cn2)CC1C. The van der Waals surface area contributed by atoms with Gasteiger partial charge in [-0.1, -0.05) is 18.2 Å². The van der Waals surface area contributed by atoms with Gasteiger partial charge in [-0.05, 0) is 49.6 Å². The number of anilines is 1. The molecule has 0 radical (unpaired) electrons. The number of hydrogen-bond donors (Lipinski definition) is 1. The zero-order valence-electron chi connectivity index (χ0n) is 24.0. The van der Waals surface area contributed by atoms with Crippen molar-refractivity contribution in [2.24, 2.45) is 7.05 Å². The van der Waals surface area contributed by atoms with Crippen molar-refractivity contribution in [1.29, 1.82) is 0 Å². The lowest BCUT2D eigenvalue weighted by Crippen LogP contribution is -2.53. The first-order valence-electron chi connectivity index (χ1n) is 13.8. The number of hydrogen-bond acceptors (Lipinski definition) is 7. The van der Waals surface area contributed by atoms with Crippen LogP contribution in [0.5, 0.6) is 5.75 Å². The summed E-state index contributed by atoms with van der Waals surface area (Å²) >= 11 is 0. The van der Waals surface area contributed by atoms with Gasteiger partial charge in [-0.2, -0.15) is 8.78 Å². The van der Waals surface area contributed by atoms with Gasteiger partial charge in [0, 0.05) is 63.2 Å². The second-order valence-corrected chi connectivity index (χ2v) is 10.8. The predicted molar refractivity (Wildman–Crippen MR) is 155 cm³/mol. The fourth-order valence-corrected chi connectivity index (χ4v) is 5.58. The number of ether oxygens (including phenoxy) is 1. The molecule has 2 unspecified atom stereocenters. The molecule has 2 atom stereocenters. The Labute approximate surface area is 241 Å². The molecule has 12 heteroatoms. The molecular weight excluding hydrogens is 546 g/mol. The summed E-state index contributed by atoms with van der Waals surface area (Å²) in [5.41, 5.74) is 3.14. The van der Waals surface area contributed by atoms with Crippen LogP contribution in [0.3, 0.4) is 0 Å². The predicted octanol–water partition coefficient (Wildman–Crippen LogP) is 3.43. The summed E-state index contributed by atoms with van der Waals surface area (Å²) in [7, 11) is 1.63. The van der Waals surface area contributed by atoms with Crippen molar-refractivity contribution in [2.75, 3.05) is 24.5 Å². The zero-order chi connectivity index (χ0) is 30.1. The van der Waals surface area contributed by atoms with Gasteiger partial charge in [-0.15, -0.1) is 0 Å². The number of carbonyl (C=O) groups excluding carboxylic acids is 1. The molecule has 4 aromatic rings. The van der Waals surface area contributed by atoms with Crippen molar-refractivity contribution >= 4 is 22.8 Å². The van der Waals surface area contributed by atoms with E-state index in [9.17, 15) is 23.5 Å². The van der Waals surface area contributed by atoms with Crippen LogP contribution >= 0.6 is 0 Å². The standard InChI is InChI=1S/C30H34F2N6O4/c1-18-16-36(9-10-37(18)20(3)40)30-33-14-24(15-34-30)22-6-7-25-26(13-22)38(35(4)28(25)41)17-23-12-21(11-19(2)39)5-8-27(23)42-29(31)32/h5-8,12-15,18-19,29,39H,9-11,16-17H2,1-4H3. The van der Waals surface area contributed by atoms with E-state index < -0.39 is 12.7 Å². The van der Waals surface area contributed by atoms with E-state index in [0.717, 1.165) is 16.7 Å². The third kappa shape index (κ3) is 5.98. The average Bonchev–Trinajstić information content (AvgIpc) is 3.18. The molecule has 2 aromatic heterocycles. The smallest absolute Gasteiger partial charge is 0.387 e. The summed E-state index contributed by atoms with van der Waals surface area (Å²) in [6, 6.07) is 10.3. The number of amides is 1. The molecule has 2 aromatic carbocycles. The number of aromatic nitrogens is 4. The minimum Gasteiger partial charge on any atom is -0.434 e. The third-order valence-corrected chi connectivity index (χ3v) is 7.64. The Bertz CT molecular complexity index is 1650. The number of piperazine rings is 1. The van der Waals surface area contributed by atoms with Crippen molar-refractivity contribution in [2.45, 2.75) is 52.5 Å². The normalized spacial score (nSPS) is 16.3. The van der Waals surface area contributed by atoms with Crippen LogP contribution in [0.1, 0.15) is 31.9 Å². The molecule has 0 spiro atoms. The monoisotopic (exact) mass is 580 g/mol. The highest BCUT2D eigenvalue weighted by Gasteiger charge is 2.26. The van der Waals surface area contributed by atoms with Crippen molar-refractivity contribution in [3.05, 3.63) is 70.3 Å². The maximum absolute atomic E-state index is 13.2. The van der Waals surface area contributed by atoms with E-state index in [1.165, 1.54) is 10.7 Å². The maximum Gasteiger partial charge on any atom is 0.387 e. The molecule has 5 rings (SSSR count). The van der Waals surface area contributed by atoms with Crippen LogP contribution < -0.4 is 15.2 Å². The molecule has 1 fully saturated rings. The number of fused-ring (bicyclic) bond motifs is 1. The van der Waals surface area contributed by atoms with Crippen LogP contribution in [-0.2, 0) is 24.8 Å². The molecule has 1 amide bonds. The Morgan fingerprint density at radius 3 is 2.50 bits per heavy atom. The van der Waals surface area contributed by atoms with E-state index in [-0.39, 0.29) is 29.8 Å². The zero-order valence-corrected chi connectivity index (χ0v) is 24.0. The fraction of sp³-hybridized carbons (Fsp3) is 0.400. The van der Waals surface area contributed by atoms with Gasteiger partial charge in [0.05, 0.1) is 23.6 Å². The molecular formula is C30H34F2N6O4. The van der Waals surface area contributed by atoms with Crippen LogP contribution in [0, 0.1) is 0 Å². The van der Waals surface area contributed by atoms with Gasteiger partial charge in [0.2, 0.25) is 11.9 Å². The van der Waals surface area contributed by atoms with Gasteiger partial charge < -0.3 is 19.6 Å². The van der Waals surface area contributed by atoms with Crippen molar-refractivity contribution in [3.8, 4) is 16.9 Å². The Balaban J connectivity index is 1.46. The van der Waals surface area contributed by atoms with Crippen LogP contribution in [0.25, 0.3) is 22.0 Å². The lowest BCUT2D eigenvalue weighted by Gasteiger charge is -2.39. The number of nitrogens with zero attached hydrogens (tertiary/aromatic N) is 6. The highest BCUT2D eigenvalue weighted by atomic mass is 19.3. The topological polar surface area (TPSA) is 106 Å². The summed E-state index contributed by atoms with van der Waals surface area (Å²) in [6.07, 6.45) is 3.19. The van der Waals surface area contributed by atoms with Crippen LogP contribution in [0.2, 0.25) is 0 Å². The molecule has 10 nitrogen and oxygen atoms in total. The molecule has 1 aliphatic heterocycles. The second kappa shape index (κ2) is 11.9. The molecule has 0 saturated carbocycles. The molecule has 222 valence electrons. The second-order valence-electron chi connectivity index (χ2n) is 10.8. The van der Waals surface area contributed by atoms with Crippen LogP contribution in [0.15, 0.2) is 53.6 Å². The third-order valence-electron chi connectivity index (χ3n) is 7.64. The quantitative estimate of drug-likeness (QED) is 0.341. The highest BCUT2D eigenvalue weighted by molar-refractivity contribution is 5.84. The number of halogens is 2.